The molecule has 0 bridgehead atoms. The SMILES string of the molecule is CSC1CCC(NC(=O)NC(CC(=O)O)C(=O)O)C1. The van der Waals surface area contributed by atoms with Crippen LogP contribution in [0.5, 0.6) is 0 Å². The first-order valence-electron chi connectivity index (χ1n) is 5.96. The van der Waals surface area contributed by atoms with Crippen molar-refractivity contribution in [3.8, 4) is 0 Å². The Kier molecular flexibility index (Phi) is 5.94. The van der Waals surface area contributed by atoms with Gasteiger partial charge in [0.25, 0.3) is 0 Å². The van der Waals surface area contributed by atoms with Gasteiger partial charge in [0.1, 0.15) is 6.04 Å². The first kappa shape index (κ1) is 15.6. The Hall–Kier alpha value is -1.44. The van der Waals surface area contributed by atoms with Crippen LogP contribution in [0.15, 0.2) is 0 Å². The molecule has 1 aliphatic carbocycles. The molecule has 0 heterocycles. The van der Waals surface area contributed by atoms with Gasteiger partial charge in [0.15, 0.2) is 0 Å². The smallest absolute Gasteiger partial charge is 0.326 e. The first-order chi connectivity index (χ1) is 8.92. The summed E-state index contributed by atoms with van der Waals surface area (Å²) in [5.74, 6) is -2.62. The summed E-state index contributed by atoms with van der Waals surface area (Å²) in [4.78, 5) is 32.9. The van der Waals surface area contributed by atoms with Crippen molar-refractivity contribution < 1.29 is 24.6 Å². The Morgan fingerprint density at radius 2 is 2.00 bits per heavy atom. The molecule has 3 unspecified atom stereocenters. The number of carbonyl (C=O) groups is 3. The second kappa shape index (κ2) is 7.22. The van der Waals surface area contributed by atoms with Crippen LogP contribution in [0.3, 0.4) is 0 Å². The summed E-state index contributed by atoms with van der Waals surface area (Å²) in [5, 5.41) is 22.7. The number of carboxylic acid groups (broad SMARTS) is 2. The molecule has 0 spiro atoms. The van der Waals surface area contributed by atoms with Crippen LogP contribution < -0.4 is 10.6 Å². The van der Waals surface area contributed by atoms with Gasteiger partial charge in [-0.1, -0.05) is 0 Å². The Balaban J connectivity index is 2.40. The van der Waals surface area contributed by atoms with Crippen molar-refractivity contribution in [3.05, 3.63) is 0 Å². The summed E-state index contributed by atoms with van der Waals surface area (Å²) in [6.45, 7) is 0. The molecule has 1 fully saturated rings. The van der Waals surface area contributed by atoms with Crippen molar-refractivity contribution in [2.75, 3.05) is 6.26 Å². The highest BCUT2D eigenvalue weighted by Gasteiger charge is 2.27. The molecule has 1 rings (SSSR count). The fraction of sp³-hybridized carbons (Fsp3) is 0.727. The van der Waals surface area contributed by atoms with Crippen molar-refractivity contribution in [2.24, 2.45) is 0 Å². The summed E-state index contributed by atoms with van der Waals surface area (Å²) >= 11 is 1.75. The summed E-state index contributed by atoms with van der Waals surface area (Å²) in [6, 6.07) is -2.01. The third-order valence-electron chi connectivity index (χ3n) is 3.04. The lowest BCUT2D eigenvalue weighted by atomic mass is 10.2. The lowest BCUT2D eigenvalue weighted by Crippen LogP contribution is -2.49. The number of urea groups is 1. The third kappa shape index (κ3) is 5.37. The summed E-state index contributed by atoms with van der Waals surface area (Å²) < 4.78 is 0. The summed E-state index contributed by atoms with van der Waals surface area (Å²) in [5.41, 5.74) is 0. The van der Waals surface area contributed by atoms with E-state index in [1.165, 1.54) is 0 Å². The number of aliphatic carboxylic acids is 2. The second-order valence-electron chi connectivity index (χ2n) is 4.47. The average Bonchev–Trinajstić information content (AvgIpc) is 2.75. The fourth-order valence-electron chi connectivity index (χ4n) is 2.05. The number of nitrogens with one attached hydrogen (secondary N) is 2. The van der Waals surface area contributed by atoms with E-state index in [1.54, 1.807) is 11.8 Å². The molecule has 19 heavy (non-hydrogen) atoms. The van der Waals surface area contributed by atoms with Crippen LogP contribution >= 0.6 is 11.8 Å². The van der Waals surface area contributed by atoms with E-state index in [0.717, 1.165) is 19.3 Å². The Bertz CT molecular complexity index is 363. The maximum absolute atomic E-state index is 11.6. The largest absolute Gasteiger partial charge is 0.481 e. The molecular formula is C11H18N2O5S. The Morgan fingerprint density at radius 1 is 1.32 bits per heavy atom. The van der Waals surface area contributed by atoms with Gasteiger partial charge < -0.3 is 20.8 Å². The van der Waals surface area contributed by atoms with Gasteiger partial charge in [-0.05, 0) is 25.5 Å². The van der Waals surface area contributed by atoms with Crippen LogP contribution in [0, 0.1) is 0 Å². The molecule has 1 saturated carbocycles. The zero-order valence-corrected chi connectivity index (χ0v) is 11.4. The molecule has 0 aliphatic heterocycles. The number of carboxylic acids is 2. The second-order valence-corrected chi connectivity index (χ2v) is 5.61. The van der Waals surface area contributed by atoms with Gasteiger partial charge in [-0.2, -0.15) is 11.8 Å². The number of amides is 2. The molecule has 0 aromatic rings. The molecule has 0 saturated heterocycles. The summed E-state index contributed by atoms with van der Waals surface area (Å²) in [6.07, 6.45) is 4.10. The maximum Gasteiger partial charge on any atom is 0.326 e. The van der Waals surface area contributed by atoms with Crippen LogP contribution in [0.4, 0.5) is 4.79 Å². The number of thioether (sulfide) groups is 1. The van der Waals surface area contributed by atoms with Crippen LogP contribution in [0.25, 0.3) is 0 Å². The molecule has 8 heteroatoms. The molecule has 3 atom stereocenters. The van der Waals surface area contributed by atoms with Gasteiger partial charge in [0, 0.05) is 11.3 Å². The van der Waals surface area contributed by atoms with Crippen molar-refractivity contribution in [3.63, 3.8) is 0 Å². The standard InChI is InChI=1S/C11H18N2O5S/c1-19-7-3-2-6(4-7)12-11(18)13-8(10(16)17)5-9(14)15/h6-8H,2-5H2,1H3,(H,14,15)(H,16,17)(H2,12,13,18). The summed E-state index contributed by atoms with van der Waals surface area (Å²) in [7, 11) is 0. The first-order valence-corrected chi connectivity index (χ1v) is 7.25. The van der Waals surface area contributed by atoms with E-state index in [1.807, 2.05) is 6.26 Å². The zero-order chi connectivity index (χ0) is 14.4. The molecular weight excluding hydrogens is 272 g/mol. The van der Waals surface area contributed by atoms with E-state index in [9.17, 15) is 14.4 Å². The van der Waals surface area contributed by atoms with Gasteiger partial charge in [-0.3, -0.25) is 4.79 Å². The lowest BCUT2D eigenvalue weighted by Gasteiger charge is -2.17. The average molecular weight is 290 g/mol. The van der Waals surface area contributed by atoms with E-state index in [-0.39, 0.29) is 6.04 Å². The van der Waals surface area contributed by atoms with E-state index in [4.69, 9.17) is 10.2 Å². The molecule has 2 amide bonds. The minimum atomic E-state index is -1.41. The lowest BCUT2D eigenvalue weighted by molar-refractivity contribution is -0.145. The van der Waals surface area contributed by atoms with E-state index in [2.05, 4.69) is 10.6 Å². The number of hydrogen-bond acceptors (Lipinski definition) is 4. The normalized spacial score (nSPS) is 23.6. The quantitative estimate of drug-likeness (QED) is 0.566. The molecule has 1 aliphatic rings. The van der Waals surface area contributed by atoms with E-state index < -0.39 is 30.4 Å². The highest BCUT2D eigenvalue weighted by atomic mass is 32.2. The van der Waals surface area contributed by atoms with Crippen LogP contribution in [0.2, 0.25) is 0 Å². The topological polar surface area (TPSA) is 116 Å². The van der Waals surface area contributed by atoms with E-state index in [0.29, 0.717) is 5.25 Å². The minimum Gasteiger partial charge on any atom is -0.481 e. The fourth-order valence-corrected chi connectivity index (χ4v) is 2.84. The van der Waals surface area contributed by atoms with E-state index >= 15 is 0 Å². The van der Waals surface area contributed by atoms with Gasteiger partial charge in [0.2, 0.25) is 0 Å². The van der Waals surface area contributed by atoms with Crippen LogP contribution in [-0.2, 0) is 9.59 Å². The molecule has 0 aromatic carbocycles. The van der Waals surface area contributed by atoms with Gasteiger partial charge in [-0.25, -0.2) is 9.59 Å². The monoisotopic (exact) mass is 290 g/mol. The van der Waals surface area contributed by atoms with Gasteiger partial charge in [-0.15, -0.1) is 0 Å². The Labute approximate surface area is 115 Å². The predicted octanol–water partition coefficient (Wildman–Crippen LogP) is 0.498. The highest BCUT2D eigenvalue weighted by Crippen LogP contribution is 2.27. The molecule has 108 valence electrons. The molecule has 7 nitrogen and oxygen atoms in total. The van der Waals surface area contributed by atoms with Crippen LogP contribution in [0.1, 0.15) is 25.7 Å². The number of rotatable bonds is 6. The minimum absolute atomic E-state index is 0.0247. The predicted molar refractivity (Wildman–Crippen MR) is 70.3 cm³/mol. The number of hydrogen-bond donors (Lipinski definition) is 4. The number of carbonyl (C=O) groups excluding carboxylic acids is 1. The van der Waals surface area contributed by atoms with Crippen molar-refractivity contribution in [1.29, 1.82) is 0 Å². The molecule has 0 radical (unpaired) electrons. The Morgan fingerprint density at radius 3 is 2.47 bits per heavy atom. The van der Waals surface area contributed by atoms with Gasteiger partial charge >= 0.3 is 18.0 Å². The third-order valence-corrected chi connectivity index (χ3v) is 4.13. The maximum atomic E-state index is 11.6. The van der Waals surface area contributed by atoms with Crippen molar-refractivity contribution >= 4 is 29.7 Å². The van der Waals surface area contributed by atoms with Crippen molar-refractivity contribution in [1.82, 2.24) is 10.6 Å². The highest BCUT2D eigenvalue weighted by molar-refractivity contribution is 7.99. The van der Waals surface area contributed by atoms with Crippen LogP contribution in [-0.4, -0.2) is 51.8 Å². The molecule has 4 N–H and O–H groups in total. The van der Waals surface area contributed by atoms with Gasteiger partial charge in [0.05, 0.1) is 6.42 Å². The zero-order valence-electron chi connectivity index (χ0n) is 10.6. The van der Waals surface area contributed by atoms with Crippen molar-refractivity contribution in [2.45, 2.75) is 43.0 Å². The molecule has 0 aromatic heterocycles.